The summed E-state index contributed by atoms with van der Waals surface area (Å²) in [6.07, 6.45) is 8.49. The molecule has 8 nitrogen and oxygen atoms in total. The van der Waals surface area contributed by atoms with Crippen LogP contribution < -0.4 is 5.32 Å². The smallest absolute Gasteiger partial charge is 0.269 e. The Balaban J connectivity index is 1.32. The number of amides is 2. The molecule has 3 heterocycles. The van der Waals surface area contributed by atoms with Gasteiger partial charge in [0, 0.05) is 62.5 Å². The molecule has 0 unspecified atom stereocenters. The molecule has 37 heavy (non-hydrogen) atoms. The number of likely N-dealkylation sites (tertiary alicyclic amines) is 1. The van der Waals surface area contributed by atoms with Gasteiger partial charge in [0.1, 0.15) is 5.69 Å². The number of piperidine rings is 1. The van der Waals surface area contributed by atoms with Crippen molar-refractivity contribution in [1.29, 1.82) is 0 Å². The van der Waals surface area contributed by atoms with Crippen molar-refractivity contribution in [3.63, 3.8) is 0 Å². The second-order valence-electron chi connectivity index (χ2n) is 9.98. The average Bonchev–Trinajstić information content (AvgIpc) is 3.27. The largest absolute Gasteiger partial charge is 0.381 e. The normalized spacial score (nSPS) is 17.0. The Kier molecular flexibility index (Phi) is 9.88. The van der Waals surface area contributed by atoms with Gasteiger partial charge in [0.05, 0.1) is 5.69 Å². The molecular formula is C29H40N4O4. The van der Waals surface area contributed by atoms with Crippen LogP contribution in [0.2, 0.25) is 0 Å². The summed E-state index contributed by atoms with van der Waals surface area (Å²) in [5, 5.41) is 7.77. The number of ketones is 1. The van der Waals surface area contributed by atoms with E-state index in [-0.39, 0.29) is 17.6 Å². The van der Waals surface area contributed by atoms with Crippen molar-refractivity contribution in [3.8, 4) is 0 Å². The number of fused-ring (bicyclic) bond motifs is 1. The predicted molar refractivity (Wildman–Crippen MR) is 142 cm³/mol. The maximum Gasteiger partial charge on any atom is 0.269 e. The summed E-state index contributed by atoms with van der Waals surface area (Å²) in [6, 6.07) is 7.11. The molecule has 0 saturated carbocycles. The van der Waals surface area contributed by atoms with E-state index in [0.717, 1.165) is 75.7 Å². The molecule has 2 aliphatic heterocycles. The van der Waals surface area contributed by atoms with E-state index in [1.54, 1.807) is 24.3 Å². The first-order valence-electron chi connectivity index (χ1n) is 14.0. The molecule has 1 aromatic heterocycles. The molecule has 0 bridgehead atoms. The van der Waals surface area contributed by atoms with Gasteiger partial charge in [-0.15, -0.1) is 0 Å². The number of hydrogen-bond acceptors (Lipinski definition) is 5. The van der Waals surface area contributed by atoms with E-state index in [2.05, 4.69) is 5.32 Å². The van der Waals surface area contributed by atoms with E-state index in [9.17, 15) is 14.4 Å². The Morgan fingerprint density at radius 1 is 0.973 bits per heavy atom. The van der Waals surface area contributed by atoms with E-state index < -0.39 is 0 Å². The van der Waals surface area contributed by atoms with Crippen LogP contribution in [0.3, 0.4) is 0 Å². The van der Waals surface area contributed by atoms with Gasteiger partial charge in [-0.25, -0.2) is 0 Å². The lowest BCUT2D eigenvalue weighted by Crippen LogP contribution is -2.35. The predicted octanol–water partition coefficient (Wildman–Crippen LogP) is 4.21. The van der Waals surface area contributed by atoms with E-state index in [1.807, 2.05) is 16.5 Å². The molecule has 0 radical (unpaired) electrons. The van der Waals surface area contributed by atoms with Crippen molar-refractivity contribution in [3.05, 3.63) is 52.3 Å². The number of carbonyl (C=O) groups excluding carboxylic acids is 3. The number of carbonyl (C=O) groups is 3. The average molecular weight is 509 g/mol. The molecule has 1 saturated heterocycles. The first-order chi connectivity index (χ1) is 18.1. The molecule has 200 valence electrons. The van der Waals surface area contributed by atoms with Gasteiger partial charge in [-0.2, -0.15) is 5.10 Å². The third-order valence-corrected chi connectivity index (χ3v) is 7.28. The number of benzene rings is 1. The highest BCUT2D eigenvalue weighted by Gasteiger charge is 2.23. The van der Waals surface area contributed by atoms with Gasteiger partial charge >= 0.3 is 0 Å². The van der Waals surface area contributed by atoms with Crippen LogP contribution in [0.15, 0.2) is 24.3 Å². The van der Waals surface area contributed by atoms with Gasteiger partial charge in [-0.1, -0.05) is 12.1 Å². The van der Waals surface area contributed by atoms with Crippen LogP contribution in [-0.4, -0.2) is 65.1 Å². The molecule has 0 spiro atoms. The first-order valence-corrected chi connectivity index (χ1v) is 14.0. The maximum absolute atomic E-state index is 12.9. The number of Topliss-reactive ketones (excluding diaryl/α,β-unsaturated/α-hetero) is 1. The summed E-state index contributed by atoms with van der Waals surface area (Å²) in [5.74, 6) is 0.0871. The highest BCUT2D eigenvalue weighted by molar-refractivity contribution is 5.98. The SMILES string of the molecule is CCn1nc(CCCCC(=O)c2ccc(C(=O)N3CCCCC3)cc2)c2c1C(=O)NCCCOCCC2. The molecule has 2 amide bonds. The lowest BCUT2D eigenvalue weighted by Gasteiger charge is -2.26. The lowest BCUT2D eigenvalue weighted by molar-refractivity contribution is 0.0723. The van der Waals surface area contributed by atoms with Gasteiger partial charge in [0.25, 0.3) is 11.8 Å². The fraction of sp³-hybridized carbons (Fsp3) is 0.586. The zero-order valence-corrected chi connectivity index (χ0v) is 22.1. The highest BCUT2D eigenvalue weighted by Crippen LogP contribution is 2.21. The van der Waals surface area contributed by atoms with Crippen LogP contribution >= 0.6 is 0 Å². The van der Waals surface area contributed by atoms with Crippen molar-refractivity contribution in [2.45, 2.75) is 77.7 Å². The molecule has 0 atom stereocenters. The molecule has 2 aliphatic rings. The van der Waals surface area contributed by atoms with E-state index in [1.165, 1.54) is 6.42 Å². The summed E-state index contributed by atoms with van der Waals surface area (Å²) in [6.45, 7) is 6.22. The van der Waals surface area contributed by atoms with Crippen LogP contribution in [0.5, 0.6) is 0 Å². The number of nitrogens with one attached hydrogen (secondary N) is 1. The number of unbranched alkanes of at least 4 members (excludes halogenated alkanes) is 1. The number of nitrogens with zero attached hydrogens (tertiary/aromatic N) is 3. The standard InChI is InChI=1S/C29H40N4O4/c1-2-33-27-24(10-8-20-37-21-9-17-30-28(27)35)25(31-33)11-4-5-12-26(34)22-13-15-23(16-14-22)29(36)32-18-6-3-7-19-32/h13-16H,2-12,17-21H2,1H3,(H,30,35). The minimum absolute atomic E-state index is 0.0576. The van der Waals surface area contributed by atoms with Crippen molar-refractivity contribution in [1.82, 2.24) is 20.0 Å². The third kappa shape index (κ3) is 7.06. The first kappa shape index (κ1) is 27.0. The number of hydrogen-bond donors (Lipinski definition) is 1. The van der Waals surface area contributed by atoms with Crippen molar-refractivity contribution in [2.24, 2.45) is 0 Å². The monoisotopic (exact) mass is 508 g/mol. The number of aryl methyl sites for hydroxylation is 2. The summed E-state index contributed by atoms with van der Waals surface area (Å²) >= 11 is 0. The van der Waals surface area contributed by atoms with E-state index in [0.29, 0.717) is 49.5 Å². The van der Waals surface area contributed by atoms with Crippen LogP contribution in [0.25, 0.3) is 0 Å². The number of rotatable bonds is 8. The quantitative estimate of drug-likeness (QED) is 0.426. The minimum atomic E-state index is -0.0603. The third-order valence-electron chi connectivity index (χ3n) is 7.28. The fourth-order valence-corrected chi connectivity index (χ4v) is 5.21. The Hall–Kier alpha value is -3.00. The lowest BCUT2D eigenvalue weighted by atomic mass is 10.00. The fourth-order valence-electron chi connectivity index (χ4n) is 5.21. The van der Waals surface area contributed by atoms with Crippen LogP contribution in [-0.2, 0) is 24.1 Å². The van der Waals surface area contributed by atoms with Crippen molar-refractivity contribution >= 4 is 17.6 Å². The molecule has 2 aromatic rings. The van der Waals surface area contributed by atoms with E-state index >= 15 is 0 Å². The molecule has 1 aromatic carbocycles. The summed E-state index contributed by atoms with van der Waals surface area (Å²) < 4.78 is 7.49. The Labute approximate surface area is 219 Å². The molecule has 0 aliphatic carbocycles. The van der Waals surface area contributed by atoms with Gasteiger partial charge < -0.3 is 15.0 Å². The molecular weight excluding hydrogens is 468 g/mol. The molecule has 4 rings (SSSR count). The summed E-state index contributed by atoms with van der Waals surface area (Å²) in [7, 11) is 0. The molecule has 1 N–H and O–H groups in total. The molecule has 1 fully saturated rings. The van der Waals surface area contributed by atoms with Gasteiger partial charge in [0.2, 0.25) is 0 Å². The molecule has 8 heteroatoms. The Bertz CT molecular complexity index is 1070. The van der Waals surface area contributed by atoms with E-state index in [4.69, 9.17) is 9.84 Å². The van der Waals surface area contributed by atoms with Crippen LogP contribution in [0.1, 0.15) is 101 Å². The minimum Gasteiger partial charge on any atom is -0.381 e. The van der Waals surface area contributed by atoms with Gasteiger partial charge in [0.15, 0.2) is 5.78 Å². The number of aromatic nitrogens is 2. The topological polar surface area (TPSA) is 93.5 Å². The number of ether oxygens (including phenoxy) is 1. The Morgan fingerprint density at radius 3 is 2.46 bits per heavy atom. The van der Waals surface area contributed by atoms with Crippen molar-refractivity contribution < 1.29 is 19.1 Å². The van der Waals surface area contributed by atoms with Crippen LogP contribution in [0, 0.1) is 0 Å². The summed E-state index contributed by atoms with van der Waals surface area (Å²) in [5.41, 5.74) is 3.95. The van der Waals surface area contributed by atoms with Crippen LogP contribution in [0.4, 0.5) is 0 Å². The van der Waals surface area contributed by atoms with Crippen molar-refractivity contribution in [2.75, 3.05) is 32.8 Å². The maximum atomic E-state index is 12.9. The second kappa shape index (κ2) is 13.5. The van der Waals surface area contributed by atoms with Gasteiger partial charge in [-0.05, 0) is 76.8 Å². The highest BCUT2D eigenvalue weighted by atomic mass is 16.5. The second-order valence-corrected chi connectivity index (χ2v) is 9.98. The summed E-state index contributed by atoms with van der Waals surface area (Å²) in [4.78, 5) is 40.2. The zero-order chi connectivity index (χ0) is 26.0. The zero-order valence-electron chi connectivity index (χ0n) is 22.1. The van der Waals surface area contributed by atoms with Gasteiger partial charge in [-0.3, -0.25) is 19.1 Å². The Morgan fingerprint density at radius 2 is 1.70 bits per heavy atom.